The van der Waals surface area contributed by atoms with Crippen molar-refractivity contribution in [1.82, 2.24) is 24.5 Å². The van der Waals surface area contributed by atoms with Gasteiger partial charge < -0.3 is 15.5 Å². The molecule has 10 nitrogen and oxygen atoms in total. The quantitative estimate of drug-likeness (QED) is 0.0653. The number of anilines is 1. The van der Waals surface area contributed by atoms with Crippen LogP contribution >= 0.6 is 11.9 Å². The van der Waals surface area contributed by atoms with Crippen molar-refractivity contribution in [3.8, 4) is 17.3 Å². The van der Waals surface area contributed by atoms with E-state index in [9.17, 15) is 18.0 Å². The van der Waals surface area contributed by atoms with Crippen molar-refractivity contribution in [2.75, 3.05) is 38.4 Å². The summed E-state index contributed by atoms with van der Waals surface area (Å²) >= 11 is 1.41. The van der Waals surface area contributed by atoms with Crippen LogP contribution in [-0.4, -0.2) is 58.2 Å². The van der Waals surface area contributed by atoms with E-state index < -0.39 is 23.2 Å². The minimum atomic E-state index is -0.862. The molecule has 0 saturated carbocycles. The van der Waals surface area contributed by atoms with Gasteiger partial charge in [0.15, 0.2) is 11.6 Å². The molecule has 42 heavy (non-hydrogen) atoms. The number of ether oxygens (including phenoxy) is 1. The van der Waals surface area contributed by atoms with Crippen molar-refractivity contribution in [2.45, 2.75) is 13.3 Å². The second kappa shape index (κ2) is 14.7. The maximum atomic E-state index is 14.0. The lowest BCUT2D eigenvalue weighted by Gasteiger charge is -2.11. The number of H-pyrrole nitrogens is 1. The minimum absolute atomic E-state index is 0.0334. The molecular weight excluding hydrogens is 573 g/mol. The molecule has 0 amide bonds. The Hall–Kier alpha value is -4.11. The lowest BCUT2D eigenvalue weighted by Crippen LogP contribution is -2.25. The lowest BCUT2D eigenvalue weighted by atomic mass is 10.1. The molecule has 0 aliphatic carbocycles. The zero-order valence-corrected chi connectivity index (χ0v) is 23.6. The van der Waals surface area contributed by atoms with E-state index in [0.717, 1.165) is 12.1 Å². The highest BCUT2D eigenvalue weighted by atomic mass is 32.2. The Kier molecular flexibility index (Phi) is 10.8. The monoisotopic (exact) mass is 602 g/mol. The van der Waals surface area contributed by atoms with Gasteiger partial charge in [-0.25, -0.2) is 28.2 Å². The molecule has 222 valence electrons. The number of rotatable bonds is 14. The lowest BCUT2D eigenvalue weighted by molar-refractivity contribution is -0.260. The van der Waals surface area contributed by atoms with Gasteiger partial charge in [-0.15, -0.1) is 0 Å². The third-order valence-corrected chi connectivity index (χ3v) is 6.81. The molecular formula is C28H29F3N6O4S. The maximum Gasteiger partial charge on any atom is 0.219 e. The van der Waals surface area contributed by atoms with Crippen molar-refractivity contribution in [1.29, 1.82) is 0 Å². The Balaban J connectivity index is 1.57. The Morgan fingerprint density at radius 1 is 1.21 bits per heavy atom. The van der Waals surface area contributed by atoms with Gasteiger partial charge in [0.25, 0.3) is 0 Å². The highest BCUT2D eigenvalue weighted by molar-refractivity contribution is 7.97. The van der Waals surface area contributed by atoms with E-state index in [1.165, 1.54) is 48.3 Å². The highest BCUT2D eigenvalue weighted by Gasteiger charge is 2.21. The zero-order valence-electron chi connectivity index (χ0n) is 22.8. The average Bonchev–Trinajstić information content (AvgIpc) is 3.56. The SMILES string of the molecule is COOC/C=c1/cc(C(=O)c2cnn(-c3cnc(Oc4c(F)cccc4F)cc3C)c2N)[nH]/c1=C/CNSCCCF. The first-order valence-electron chi connectivity index (χ1n) is 12.8. The number of alkyl halides is 1. The zero-order chi connectivity index (χ0) is 30.1. The molecule has 0 saturated heterocycles. The number of nitrogens with two attached hydrogens (primary N) is 1. The number of carbonyl (C=O) groups excluding carboxylic acids is 1. The number of aryl methyl sites for hydroxylation is 1. The molecule has 4 rings (SSSR count). The Labute approximate surface area is 243 Å². The number of aromatic amines is 1. The second-order valence-corrected chi connectivity index (χ2v) is 9.78. The van der Waals surface area contributed by atoms with E-state index in [1.807, 2.05) is 6.08 Å². The topological polar surface area (TPSA) is 129 Å². The van der Waals surface area contributed by atoms with Crippen LogP contribution in [0.3, 0.4) is 0 Å². The molecule has 14 heteroatoms. The van der Waals surface area contributed by atoms with Crippen LogP contribution in [0.15, 0.2) is 42.7 Å². The fourth-order valence-electron chi connectivity index (χ4n) is 3.90. The summed E-state index contributed by atoms with van der Waals surface area (Å²) in [7, 11) is 1.40. The number of para-hydroxylation sites is 1. The van der Waals surface area contributed by atoms with Gasteiger partial charge >= 0.3 is 0 Å². The molecule has 1 aromatic carbocycles. The molecule has 3 aromatic heterocycles. The molecule has 0 fully saturated rings. The van der Waals surface area contributed by atoms with E-state index in [1.54, 1.807) is 19.1 Å². The first kappa shape index (κ1) is 30.8. The van der Waals surface area contributed by atoms with Crippen LogP contribution in [0.4, 0.5) is 19.0 Å². The molecule has 0 spiro atoms. The van der Waals surface area contributed by atoms with Gasteiger partial charge in [-0.3, -0.25) is 13.9 Å². The first-order valence-corrected chi connectivity index (χ1v) is 13.7. The number of hydrogen-bond acceptors (Lipinski definition) is 9. The van der Waals surface area contributed by atoms with Gasteiger partial charge in [0.2, 0.25) is 17.4 Å². The molecule has 0 aliphatic rings. The van der Waals surface area contributed by atoms with Gasteiger partial charge in [0.1, 0.15) is 12.4 Å². The van der Waals surface area contributed by atoms with Gasteiger partial charge in [0, 0.05) is 23.7 Å². The molecule has 3 heterocycles. The van der Waals surface area contributed by atoms with E-state index in [4.69, 9.17) is 15.4 Å². The van der Waals surface area contributed by atoms with Gasteiger partial charge in [-0.1, -0.05) is 18.0 Å². The van der Waals surface area contributed by atoms with Gasteiger partial charge in [-0.05, 0) is 54.5 Å². The predicted molar refractivity (Wildman–Crippen MR) is 153 cm³/mol. The van der Waals surface area contributed by atoms with Crippen LogP contribution in [-0.2, 0) is 9.78 Å². The van der Waals surface area contributed by atoms with Crippen molar-refractivity contribution in [2.24, 2.45) is 0 Å². The Morgan fingerprint density at radius 3 is 2.71 bits per heavy atom. The fourth-order valence-corrected chi connectivity index (χ4v) is 4.49. The number of carbonyl (C=O) groups is 1. The Morgan fingerprint density at radius 2 is 2.00 bits per heavy atom. The van der Waals surface area contributed by atoms with Crippen LogP contribution in [0.5, 0.6) is 11.6 Å². The van der Waals surface area contributed by atoms with Crippen molar-refractivity contribution in [3.05, 3.63) is 81.7 Å². The third-order valence-electron chi connectivity index (χ3n) is 5.95. The van der Waals surface area contributed by atoms with Crippen LogP contribution < -0.4 is 25.8 Å². The molecule has 0 atom stereocenters. The summed E-state index contributed by atoms with van der Waals surface area (Å²) in [4.78, 5) is 30.3. The largest absolute Gasteiger partial charge is 0.433 e. The number of halogens is 3. The number of aromatic nitrogens is 4. The molecule has 0 aliphatic heterocycles. The molecule has 4 N–H and O–H groups in total. The van der Waals surface area contributed by atoms with Crippen molar-refractivity contribution in [3.63, 3.8) is 0 Å². The standard InChI is InChI=1S/C28H29F3N6O4S/c1-17-13-25(41-27-20(30)5-3-6-21(27)31)33-16-24(17)37-28(32)19(15-34-37)26(38)23-14-18(8-11-40-39-2)22(36-23)7-10-35-42-12-4-9-29/h3,5-8,13-16,35-36H,4,9-12,32H2,1-2H3/b18-8-,22-7+. The van der Waals surface area contributed by atoms with E-state index in [-0.39, 0.29) is 36.2 Å². The third kappa shape index (κ3) is 7.39. The van der Waals surface area contributed by atoms with Crippen LogP contribution in [0, 0.1) is 18.6 Å². The Bertz CT molecular complexity index is 1640. The molecule has 0 radical (unpaired) electrons. The number of nitrogen functional groups attached to an aromatic ring is 1. The van der Waals surface area contributed by atoms with Gasteiger partial charge in [0.05, 0.1) is 43.1 Å². The van der Waals surface area contributed by atoms with Crippen LogP contribution in [0.25, 0.3) is 17.8 Å². The first-order chi connectivity index (χ1) is 20.3. The van der Waals surface area contributed by atoms with E-state index in [2.05, 4.69) is 24.7 Å². The summed E-state index contributed by atoms with van der Waals surface area (Å²) in [5, 5.41) is 5.65. The maximum absolute atomic E-state index is 14.0. The van der Waals surface area contributed by atoms with Gasteiger partial charge in [-0.2, -0.15) is 5.10 Å². The average molecular weight is 603 g/mol. The molecule has 0 unspecified atom stereocenters. The second-order valence-electron chi connectivity index (χ2n) is 8.80. The highest BCUT2D eigenvalue weighted by Crippen LogP contribution is 2.28. The summed E-state index contributed by atoms with van der Waals surface area (Å²) in [5.41, 5.74) is 7.78. The normalized spacial score (nSPS) is 12.3. The van der Waals surface area contributed by atoms with Crippen molar-refractivity contribution < 1.29 is 32.5 Å². The van der Waals surface area contributed by atoms with Crippen LogP contribution in [0.2, 0.25) is 0 Å². The minimum Gasteiger partial charge on any atom is -0.433 e. The number of nitrogens with zero attached hydrogens (tertiary/aromatic N) is 3. The smallest absolute Gasteiger partial charge is 0.219 e. The van der Waals surface area contributed by atoms with E-state index >= 15 is 0 Å². The summed E-state index contributed by atoms with van der Waals surface area (Å²) in [5.74, 6) is -2.02. The summed E-state index contributed by atoms with van der Waals surface area (Å²) in [6, 6.07) is 6.53. The predicted octanol–water partition coefficient (Wildman–Crippen LogP) is 3.52. The number of benzene rings is 1. The number of pyridine rings is 1. The summed E-state index contributed by atoms with van der Waals surface area (Å²) in [6.07, 6.45) is 6.79. The number of ketones is 1. The number of nitrogens with one attached hydrogen (secondary N) is 2. The summed E-state index contributed by atoms with van der Waals surface area (Å²) in [6.45, 7) is 1.96. The van der Waals surface area contributed by atoms with Crippen LogP contribution in [0.1, 0.15) is 28.0 Å². The molecule has 0 bridgehead atoms. The number of hydrogen-bond donors (Lipinski definition) is 3. The fraction of sp³-hybridized carbons (Fsp3) is 0.250. The van der Waals surface area contributed by atoms with E-state index in [0.29, 0.717) is 40.5 Å². The summed E-state index contributed by atoms with van der Waals surface area (Å²) < 4.78 is 50.1. The van der Waals surface area contributed by atoms with Crippen molar-refractivity contribution >= 4 is 35.7 Å². The molecule has 4 aromatic rings.